The van der Waals surface area contributed by atoms with Crippen LogP contribution in [0.15, 0.2) is 0 Å². The average Bonchev–Trinajstić information content (AvgIpc) is 2.76. The lowest BCUT2D eigenvalue weighted by Crippen LogP contribution is -2.20. The van der Waals surface area contributed by atoms with E-state index in [4.69, 9.17) is 10.7 Å². The predicted octanol–water partition coefficient (Wildman–Crippen LogP) is 2.40. The molecule has 15 heavy (non-hydrogen) atoms. The van der Waals surface area contributed by atoms with Crippen molar-refractivity contribution in [3.8, 4) is 0 Å². The van der Waals surface area contributed by atoms with Crippen molar-refractivity contribution >= 4 is 31.1 Å². The smallest absolute Gasteiger partial charge is 0.238 e. The van der Waals surface area contributed by atoms with Gasteiger partial charge in [-0.3, -0.25) is 0 Å². The number of nitrogens with zero attached hydrogens (tertiary/aromatic N) is 1. The van der Waals surface area contributed by atoms with Crippen LogP contribution >= 0.6 is 22.0 Å². The number of aryl methyl sites for hydroxylation is 2. The maximum Gasteiger partial charge on any atom is 0.238 e. The highest BCUT2D eigenvalue weighted by Crippen LogP contribution is 2.49. The molecular weight excluding hydrogens is 254 g/mol. The zero-order chi connectivity index (χ0) is 11.3. The molecule has 0 bridgehead atoms. The minimum atomic E-state index is -3.45. The minimum absolute atomic E-state index is 0.524. The van der Waals surface area contributed by atoms with Gasteiger partial charge in [0.2, 0.25) is 9.05 Å². The van der Waals surface area contributed by atoms with Crippen LogP contribution < -0.4 is 0 Å². The van der Waals surface area contributed by atoms with Crippen LogP contribution in [-0.2, 0) is 15.5 Å². The van der Waals surface area contributed by atoms with Crippen molar-refractivity contribution in [1.29, 1.82) is 0 Å². The molecule has 1 saturated carbocycles. The van der Waals surface area contributed by atoms with E-state index in [0.29, 0.717) is 19.3 Å². The molecule has 0 N–H and O–H groups in total. The molecule has 0 unspecified atom stereocenters. The van der Waals surface area contributed by atoms with E-state index in [1.807, 2.05) is 13.8 Å². The van der Waals surface area contributed by atoms with E-state index in [1.54, 1.807) is 11.3 Å². The summed E-state index contributed by atoms with van der Waals surface area (Å²) in [5.74, 6) is 0. The fourth-order valence-corrected chi connectivity index (χ4v) is 4.38. The Hall–Kier alpha value is -0.130. The molecule has 6 heteroatoms. The Morgan fingerprint density at radius 3 is 2.40 bits per heavy atom. The zero-order valence-corrected chi connectivity index (χ0v) is 11.0. The quantitative estimate of drug-likeness (QED) is 0.789. The molecule has 0 amide bonds. The number of thiazole rings is 1. The van der Waals surface area contributed by atoms with Crippen molar-refractivity contribution in [2.45, 2.75) is 37.9 Å². The lowest BCUT2D eigenvalue weighted by Gasteiger charge is -2.09. The van der Waals surface area contributed by atoms with Crippen molar-refractivity contribution in [3.63, 3.8) is 0 Å². The summed E-state index contributed by atoms with van der Waals surface area (Å²) in [6.07, 6.45) is 1.88. The molecule has 1 aliphatic carbocycles. The summed E-state index contributed by atoms with van der Waals surface area (Å²) in [6.45, 7) is 3.84. The normalized spacial score (nSPS) is 19.1. The highest BCUT2D eigenvalue weighted by Gasteiger charge is 2.54. The van der Waals surface area contributed by atoms with Gasteiger partial charge in [-0.05, 0) is 26.7 Å². The van der Waals surface area contributed by atoms with Crippen LogP contribution in [0.1, 0.15) is 28.4 Å². The number of rotatable bonds is 3. The first-order valence-corrected chi connectivity index (χ1v) is 7.84. The standard InChI is InChI=1S/C9H12ClNO2S2/c1-6-8(14-7(2)11-6)5-9(3-4-9)15(10,12)13/h3-5H2,1-2H3. The van der Waals surface area contributed by atoms with Gasteiger partial charge in [0, 0.05) is 22.0 Å². The SMILES string of the molecule is Cc1nc(C)c(CC2(S(=O)(=O)Cl)CC2)s1. The van der Waals surface area contributed by atoms with Crippen LogP contribution in [0.4, 0.5) is 0 Å². The maximum atomic E-state index is 11.4. The molecule has 1 fully saturated rings. The van der Waals surface area contributed by atoms with Crippen LogP contribution in [-0.4, -0.2) is 18.1 Å². The summed E-state index contributed by atoms with van der Waals surface area (Å²) < 4.78 is 22.1. The summed E-state index contributed by atoms with van der Waals surface area (Å²) in [7, 11) is 2.01. The van der Waals surface area contributed by atoms with Gasteiger partial charge < -0.3 is 0 Å². The fraction of sp³-hybridized carbons (Fsp3) is 0.667. The molecule has 84 valence electrons. The van der Waals surface area contributed by atoms with Crippen molar-refractivity contribution in [3.05, 3.63) is 15.6 Å². The third-order valence-electron chi connectivity index (χ3n) is 2.81. The summed E-state index contributed by atoms with van der Waals surface area (Å²) in [5.41, 5.74) is 0.934. The Bertz CT molecular complexity index is 488. The molecule has 1 aromatic rings. The topological polar surface area (TPSA) is 47.0 Å². The second kappa shape index (κ2) is 3.43. The van der Waals surface area contributed by atoms with E-state index in [2.05, 4.69) is 4.98 Å². The Kier molecular flexibility index (Phi) is 2.60. The largest absolute Gasteiger partial charge is 0.247 e. The molecule has 0 spiro atoms. The Labute approximate surface area is 97.9 Å². The number of aromatic nitrogens is 1. The first kappa shape index (κ1) is 11.4. The van der Waals surface area contributed by atoms with E-state index in [0.717, 1.165) is 15.6 Å². The van der Waals surface area contributed by atoms with Gasteiger partial charge in [0.05, 0.1) is 15.4 Å². The summed E-state index contributed by atoms with van der Waals surface area (Å²) in [5, 5.41) is 0.977. The summed E-state index contributed by atoms with van der Waals surface area (Å²) in [6, 6.07) is 0. The predicted molar refractivity (Wildman–Crippen MR) is 62.0 cm³/mol. The Balaban J connectivity index is 2.27. The van der Waals surface area contributed by atoms with Crippen LogP contribution in [0.5, 0.6) is 0 Å². The highest BCUT2D eigenvalue weighted by atomic mass is 35.7. The first-order valence-electron chi connectivity index (χ1n) is 4.71. The molecule has 3 nitrogen and oxygen atoms in total. The second-order valence-electron chi connectivity index (χ2n) is 4.04. The van der Waals surface area contributed by atoms with E-state index in [1.165, 1.54) is 0 Å². The van der Waals surface area contributed by atoms with E-state index >= 15 is 0 Å². The third-order valence-corrected chi connectivity index (χ3v) is 6.45. The summed E-state index contributed by atoms with van der Waals surface area (Å²) >= 11 is 1.56. The van der Waals surface area contributed by atoms with Gasteiger partial charge in [0.25, 0.3) is 0 Å². The van der Waals surface area contributed by atoms with Crippen molar-refractivity contribution < 1.29 is 8.42 Å². The van der Waals surface area contributed by atoms with Gasteiger partial charge in [-0.1, -0.05) is 0 Å². The average molecular weight is 266 g/mol. The molecule has 1 heterocycles. The number of hydrogen-bond donors (Lipinski definition) is 0. The lowest BCUT2D eigenvalue weighted by molar-refractivity contribution is 0.590. The lowest BCUT2D eigenvalue weighted by atomic mass is 10.2. The zero-order valence-electron chi connectivity index (χ0n) is 8.58. The molecule has 1 aromatic heterocycles. The van der Waals surface area contributed by atoms with E-state index in [9.17, 15) is 8.42 Å². The molecule has 0 aromatic carbocycles. The molecule has 0 aliphatic heterocycles. The van der Waals surface area contributed by atoms with E-state index < -0.39 is 13.8 Å². The number of hydrogen-bond acceptors (Lipinski definition) is 4. The van der Waals surface area contributed by atoms with Crippen LogP contribution in [0.3, 0.4) is 0 Å². The number of halogens is 1. The van der Waals surface area contributed by atoms with Gasteiger partial charge in [0.15, 0.2) is 0 Å². The van der Waals surface area contributed by atoms with Gasteiger partial charge in [0.1, 0.15) is 0 Å². The highest BCUT2D eigenvalue weighted by molar-refractivity contribution is 8.15. The third kappa shape index (κ3) is 2.05. The Morgan fingerprint density at radius 2 is 2.07 bits per heavy atom. The second-order valence-corrected chi connectivity index (χ2v) is 8.29. The van der Waals surface area contributed by atoms with Crippen molar-refractivity contribution in [2.75, 3.05) is 0 Å². The first-order chi connectivity index (χ1) is 6.84. The van der Waals surface area contributed by atoms with Crippen LogP contribution in [0.25, 0.3) is 0 Å². The van der Waals surface area contributed by atoms with E-state index in [-0.39, 0.29) is 0 Å². The van der Waals surface area contributed by atoms with Gasteiger partial charge in [-0.15, -0.1) is 11.3 Å². The maximum absolute atomic E-state index is 11.4. The van der Waals surface area contributed by atoms with Gasteiger partial charge >= 0.3 is 0 Å². The van der Waals surface area contributed by atoms with Gasteiger partial charge in [-0.25, -0.2) is 13.4 Å². The molecule has 1 aliphatic rings. The molecule has 2 rings (SSSR count). The fourth-order valence-electron chi connectivity index (χ4n) is 1.68. The summed E-state index contributed by atoms with van der Waals surface area (Å²) in [4.78, 5) is 5.34. The minimum Gasteiger partial charge on any atom is -0.247 e. The Morgan fingerprint density at radius 1 is 1.47 bits per heavy atom. The van der Waals surface area contributed by atoms with Crippen LogP contribution in [0.2, 0.25) is 0 Å². The van der Waals surface area contributed by atoms with Crippen LogP contribution in [0, 0.1) is 13.8 Å². The molecule has 0 atom stereocenters. The monoisotopic (exact) mass is 265 g/mol. The molecular formula is C9H12ClNO2S2. The van der Waals surface area contributed by atoms with Crippen molar-refractivity contribution in [2.24, 2.45) is 0 Å². The van der Waals surface area contributed by atoms with Crippen molar-refractivity contribution in [1.82, 2.24) is 4.98 Å². The van der Waals surface area contributed by atoms with Gasteiger partial charge in [-0.2, -0.15) is 0 Å². The molecule has 0 radical (unpaired) electrons. The molecule has 0 saturated heterocycles.